The Hall–Kier alpha value is -1.36. The molecule has 0 aromatic carbocycles. The average molecular weight is 238 g/mol. The van der Waals surface area contributed by atoms with Crippen LogP contribution in [0.3, 0.4) is 0 Å². The molecule has 0 aliphatic rings. The molecule has 2 N–H and O–H groups in total. The van der Waals surface area contributed by atoms with Gasteiger partial charge in [-0.15, -0.1) is 0 Å². The van der Waals surface area contributed by atoms with E-state index in [2.05, 4.69) is 18.8 Å². The fraction of sp³-hybridized carbons (Fsp3) is 0.667. The van der Waals surface area contributed by atoms with Crippen LogP contribution in [-0.2, 0) is 7.05 Å². The zero-order valence-electron chi connectivity index (χ0n) is 11.1. The first-order valence-electron chi connectivity index (χ1n) is 5.90. The van der Waals surface area contributed by atoms with Crippen molar-refractivity contribution in [3.63, 3.8) is 0 Å². The van der Waals surface area contributed by atoms with Gasteiger partial charge in [-0.2, -0.15) is 0 Å². The Morgan fingerprint density at radius 1 is 1.59 bits per heavy atom. The lowest BCUT2D eigenvalue weighted by atomic mass is 10.0. The van der Waals surface area contributed by atoms with Gasteiger partial charge in [0.2, 0.25) is 0 Å². The van der Waals surface area contributed by atoms with Gasteiger partial charge in [-0.3, -0.25) is 4.79 Å². The maximum absolute atomic E-state index is 11.9. The van der Waals surface area contributed by atoms with Crippen molar-refractivity contribution in [1.29, 1.82) is 0 Å². The van der Waals surface area contributed by atoms with E-state index >= 15 is 0 Å². The molecular weight excluding hydrogens is 216 g/mol. The van der Waals surface area contributed by atoms with E-state index in [0.29, 0.717) is 18.2 Å². The molecule has 0 aliphatic heterocycles. The molecule has 0 saturated carbocycles. The number of carbonyl (C=O) groups is 1. The number of nitrogens with two attached hydrogens (primary N) is 1. The average Bonchev–Trinajstić information content (AvgIpc) is 2.70. The molecule has 1 rings (SSSR count). The third kappa shape index (κ3) is 3.85. The second-order valence-electron chi connectivity index (χ2n) is 4.85. The summed E-state index contributed by atoms with van der Waals surface area (Å²) in [4.78, 5) is 17.7. The molecule has 1 heterocycles. The molecule has 1 aromatic heterocycles. The number of amides is 1. The van der Waals surface area contributed by atoms with Gasteiger partial charge in [0.1, 0.15) is 5.69 Å². The largest absolute Gasteiger partial charge is 0.340 e. The summed E-state index contributed by atoms with van der Waals surface area (Å²) in [6, 6.07) is 0.133. The minimum absolute atomic E-state index is 0.0541. The Morgan fingerprint density at radius 2 is 2.24 bits per heavy atom. The van der Waals surface area contributed by atoms with E-state index in [9.17, 15) is 4.79 Å². The SMILES string of the molecule is CC(C)C(N)CCN(C)C(=O)c1cn(C)cn1. The zero-order chi connectivity index (χ0) is 13.0. The molecule has 0 radical (unpaired) electrons. The van der Waals surface area contributed by atoms with Gasteiger partial charge in [0.15, 0.2) is 0 Å². The lowest BCUT2D eigenvalue weighted by Gasteiger charge is -2.20. The van der Waals surface area contributed by atoms with Gasteiger partial charge in [0.25, 0.3) is 5.91 Å². The summed E-state index contributed by atoms with van der Waals surface area (Å²) in [6.07, 6.45) is 4.16. The van der Waals surface area contributed by atoms with E-state index in [0.717, 1.165) is 6.42 Å². The normalized spacial score (nSPS) is 12.8. The minimum atomic E-state index is -0.0541. The first-order valence-corrected chi connectivity index (χ1v) is 5.90. The number of aromatic nitrogens is 2. The maximum Gasteiger partial charge on any atom is 0.273 e. The van der Waals surface area contributed by atoms with Gasteiger partial charge in [-0.1, -0.05) is 13.8 Å². The van der Waals surface area contributed by atoms with Crippen molar-refractivity contribution >= 4 is 5.91 Å². The summed E-state index contributed by atoms with van der Waals surface area (Å²) in [6.45, 7) is 4.84. The predicted molar refractivity (Wildman–Crippen MR) is 67.6 cm³/mol. The molecule has 1 aromatic rings. The Labute approximate surface area is 103 Å². The highest BCUT2D eigenvalue weighted by Crippen LogP contribution is 2.06. The Bertz CT molecular complexity index is 372. The highest BCUT2D eigenvalue weighted by Gasteiger charge is 2.15. The van der Waals surface area contributed by atoms with Crippen molar-refractivity contribution in [1.82, 2.24) is 14.5 Å². The van der Waals surface area contributed by atoms with Crippen molar-refractivity contribution in [3.8, 4) is 0 Å². The molecule has 5 nitrogen and oxygen atoms in total. The number of rotatable bonds is 5. The van der Waals surface area contributed by atoms with Crippen molar-refractivity contribution in [3.05, 3.63) is 18.2 Å². The van der Waals surface area contributed by atoms with E-state index in [1.54, 1.807) is 29.0 Å². The van der Waals surface area contributed by atoms with E-state index < -0.39 is 0 Å². The zero-order valence-corrected chi connectivity index (χ0v) is 11.1. The fourth-order valence-electron chi connectivity index (χ4n) is 1.50. The third-order valence-corrected chi connectivity index (χ3v) is 2.92. The topological polar surface area (TPSA) is 64.2 Å². The van der Waals surface area contributed by atoms with Crippen LogP contribution in [0.15, 0.2) is 12.5 Å². The van der Waals surface area contributed by atoms with Crippen molar-refractivity contribution in [2.24, 2.45) is 18.7 Å². The number of nitrogens with zero attached hydrogens (tertiary/aromatic N) is 3. The molecule has 5 heteroatoms. The Balaban J connectivity index is 2.48. The van der Waals surface area contributed by atoms with Crippen LogP contribution in [0.4, 0.5) is 0 Å². The third-order valence-electron chi connectivity index (χ3n) is 2.92. The molecule has 1 atom stereocenters. The van der Waals surface area contributed by atoms with Crippen LogP contribution in [0.5, 0.6) is 0 Å². The smallest absolute Gasteiger partial charge is 0.273 e. The monoisotopic (exact) mass is 238 g/mol. The van der Waals surface area contributed by atoms with Crippen LogP contribution in [-0.4, -0.2) is 40.0 Å². The van der Waals surface area contributed by atoms with E-state index in [1.165, 1.54) is 0 Å². The molecule has 0 bridgehead atoms. The summed E-state index contributed by atoms with van der Waals surface area (Å²) in [5.74, 6) is 0.384. The first-order chi connectivity index (χ1) is 7.91. The fourth-order valence-corrected chi connectivity index (χ4v) is 1.50. The van der Waals surface area contributed by atoms with E-state index in [-0.39, 0.29) is 11.9 Å². The summed E-state index contributed by atoms with van der Waals surface area (Å²) < 4.78 is 1.76. The molecule has 96 valence electrons. The number of hydrogen-bond donors (Lipinski definition) is 1. The molecule has 0 spiro atoms. The summed E-state index contributed by atoms with van der Waals surface area (Å²) in [7, 11) is 3.63. The lowest BCUT2D eigenvalue weighted by Crippen LogP contribution is -2.34. The van der Waals surface area contributed by atoms with Gasteiger partial charge in [-0.25, -0.2) is 4.98 Å². The minimum Gasteiger partial charge on any atom is -0.340 e. The number of carbonyl (C=O) groups excluding carboxylic acids is 1. The predicted octanol–water partition coefficient (Wildman–Crippen LogP) is 0.865. The van der Waals surface area contributed by atoms with Crippen molar-refractivity contribution in [2.45, 2.75) is 26.3 Å². The van der Waals surface area contributed by atoms with Crippen LogP contribution in [0.2, 0.25) is 0 Å². The van der Waals surface area contributed by atoms with E-state index in [4.69, 9.17) is 5.73 Å². The quantitative estimate of drug-likeness (QED) is 0.827. The Kier molecular flexibility index (Phi) is 4.69. The van der Waals surface area contributed by atoms with Crippen molar-refractivity contribution < 1.29 is 4.79 Å². The molecular formula is C12H22N4O. The van der Waals surface area contributed by atoms with Crippen LogP contribution in [0.1, 0.15) is 30.8 Å². The second kappa shape index (κ2) is 5.82. The molecule has 1 unspecified atom stereocenters. The van der Waals surface area contributed by atoms with Gasteiger partial charge in [0.05, 0.1) is 6.33 Å². The van der Waals surface area contributed by atoms with Crippen LogP contribution in [0.25, 0.3) is 0 Å². The lowest BCUT2D eigenvalue weighted by molar-refractivity contribution is 0.0784. The van der Waals surface area contributed by atoms with Gasteiger partial charge < -0.3 is 15.2 Å². The van der Waals surface area contributed by atoms with Crippen LogP contribution in [0, 0.1) is 5.92 Å². The van der Waals surface area contributed by atoms with Gasteiger partial charge >= 0.3 is 0 Å². The highest BCUT2D eigenvalue weighted by molar-refractivity contribution is 5.91. The standard InChI is InChI=1S/C12H22N4O/c1-9(2)10(13)5-6-16(4)12(17)11-7-15(3)8-14-11/h7-10H,5-6,13H2,1-4H3. The maximum atomic E-state index is 11.9. The van der Waals surface area contributed by atoms with Gasteiger partial charge in [-0.05, 0) is 12.3 Å². The second-order valence-corrected chi connectivity index (χ2v) is 4.85. The molecule has 1 amide bonds. The molecule has 0 saturated heterocycles. The number of aryl methyl sites for hydroxylation is 1. The molecule has 17 heavy (non-hydrogen) atoms. The molecule has 0 fully saturated rings. The van der Waals surface area contributed by atoms with Crippen LogP contribution >= 0.6 is 0 Å². The molecule has 0 aliphatic carbocycles. The number of hydrogen-bond acceptors (Lipinski definition) is 3. The summed E-state index contributed by atoms with van der Waals surface area (Å²) in [5.41, 5.74) is 6.43. The number of imidazole rings is 1. The van der Waals surface area contributed by atoms with Crippen LogP contribution < -0.4 is 5.73 Å². The highest BCUT2D eigenvalue weighted by atomic mass is 16.2. The first kappa shape index (κ1) is 13.7. The van der Waals surface area contributed by atoms with Crippen molar-refractivity contribution in [2.75, 3.05) is 13.6 Å². The van der Waals surface area contributed by atoms with Gasteiger partial charge in [0, 0.05) is 32.9 Å². The summed E-state index contributed by atoms with van der Waals surface area (Å²) >= 11 is 0. The van der Waals surface area contributed by atoms with E-state index in [1.807, 2.05) is 7.05 Å². The summed E-state index contributed by atoms with van der Waals surface area (Å²) in [5, 5.41) is 0. The Morgan fingerprint density at radius 3 is 2.71 bits per heavy atom.